The minimum atomic E-state index is 0.0662. The molecular weight excluding hydrogens is 352 g/mol. The van der Waals surface area contributed by atoms with Crippen molar-refractivity contribution < 1.29 is 4.74 Å². The zero-order valence-corrected chi connectivity index (χ0v) is 17.6. The van der Waals surface area contributed by atoms with E-state index in [9.17, 15) is 0 Å². The van der Waals surface area contributed by atoms with E-state index in [4.69, 9.17) is 4.74 Å². The number of likely N-dealkylation sites (N-methyl/N-ethyl adjacent to an activating group) is 1. The fourth-order valence-electron chi connectivity index (χ4n) is 3.71. The maximum Gasteiger partial charge on any atom is 0.193 e. The molecule has 3 rings (SSSR count). The number of guanidine groups is 1. The Morgan fingerprint density at radius 2 is 2.18 bits per heavy atom. The third-order valence-electron chi connectivity index (χ3n) is 5.30. The van der Waals surface area contributed by atoms with Crippen LogP contribution in [0.3, 0.4) is 0 Å². The van der Waals surface area contributed by atoms with Crippen molar-refractivity contribution in [3.05, 3.63) is 53.3 Å². The van der Waals surface area contributed by atoms with Crippen molar-refractivity contribution in [2.75, 3.05) is 47.4 Å². The number of hydrogen-bond acceptors (Lipinski definition) is 4. The molecule has 2 aromatic rings. The van der Waals surface area contributed by atoms with Crippen molar-refractivity contribution in [1.29, 1.82) is 0 Å². The number of aryl methyl sites for hydroxylation is 2. The molecule has 1 aromatic heterocycles. The summed E-state index contributed by atoms with van der Waals surface area (Å²) in [6, 6.07) is 8.66. The Hall–Kier alpha value is -2.38. The van der Waals surface area contributed by atoms with Crippen LogP contribution in [-0.4, -0.2) is 72.9 Å². The zero-order valence-electron chi connectivity index (χ0n) is 17.6. The van der Waals surface area contributed by atoms with Crippen LogP contribution < -0.4 is 5.32 Å². The van der Waals surface area contributed by atoms with E-state index in [2.05, 4.69) is 76.7 Å². The average molecular weight is 385 g/mol. The molecule has 0 amide bonds. The third-order valence-corrected chi connectivity index (χ3v) is 5.30. The van der Waals surface area contributed by atoms with Crippen molar-refractivity contribution in [3.63, 3.8) is 0 Å². The van der Waals surface area contributed by atoms with Gasteiger partial charge in [0.1, 0.15) is 6.10 Å². The molecule has 152 valence electrons. The molecule has 0 aliphatic carbocycles. The number of rotatable bonds is 5. The van der Waals surface area contributed by atoms with Gasteiger partial charge in [0.25, 0.3) is 0 Å². The minimum absolute atomic E-state index is 0.0662. The van der Waals surface area contributed by atoms with E-state index in [1.54, 1.807) is 0 Å². The lowest BCUT2D eigenvalue weighted by Gasteiger charge is -2.36. The monoisotopic (exact) mass is 384 g/mol. The highest BCUT2D eigenvalue weighted by atomic mass is 16.5. The topological polar surface area (TPSA) is 57.9 Å². The second-order valence-corrected chi connectivity index (χ2v) is 7.52. The number of hydrogen-bond donors (Lipinski definition) is 1. The van der Waals surface area contributed by atoms with E-state index in [-0.39, 0.29) is 12.1 Å². The first-order chi connectivity index (χ1) is 13.5. The van der Waals surface area contributed by atoms with Gasteiger partial charge in [-0.15, -0.1) is 0 Å². The first-order valence-electron chi connectivity index (χ1n) is 9.77. The zero-order chi connectivity index (χ0) is 20.1. The van der Waals surface area contributed by atoms with Gasteiger partial charge in [-0.2, -0.15) is 5.10 Å². The molecule has 2 unspecified atom stereocenters. The number of ether oxygens (including phenoxy) is 1. The van der Waals surface area contributed by atoms with E-state index in [0.717, 1.165) is 25.6 Å². The van der Waals surface area contributed by atoms with Crippen LogP contribution in [0.2, 0.25) is 0 Å². The van der Waals surface area contributed by atoms with Crippen molar-refractivity contribution in [2.45, 2.75) is 19.1 Å². The summed E-state index contributed by atoms with van der Waals surface area (Å²) < 4.78 is 7.90. The van der Waals surface area contributed by atoms with E-state index in [1.165, 1.54) is 16.7 Å². The Kier molecular flexibility index (Phi) is 6.70. The summed E-state index contributed by atoms with van der Waals surface area (Å²) in [6.45, 7) is 5.23. The average Bonchev–Trinajstić information content (AvgIpc) is 3.11. The number of benzene rings is 1. The first-order valence-corrected chi connectivity index (χ1v) is 9.77. The summed E-state index contributed by atoms with van der Waals surface area (Å²) in [5.74, 6) is 0.914. The molecule has 0 bridgehead atoms. The lowest BCUT2D eigenvalue weighted by Crippen LogP contribution is -2.49. The lowest BCUT2D eigenvalue weighted by molar-refractivity contribution is -0.00839. The summed E-state index contributed by atoms with van der Waals surface area (Å²) in [4.78, 5) is 9.02. The van der Waals surface area contributed by atoms with Crippen LogP contribution in [0.4, 0.5) is 0 Å². The van der Waals surface area contributed by atoms with Crippen molar-refractivity contribution in [2.24, 2.45) is 12.0 Å². The number of aliphatic imine (C=N–C) groups is 1. The van der Waals surface area contributed by atoms with Crippen LogP contribution in [0.25, 0.3) is 0 Å². The smallest absolute Gasteiger partial charge is 0.193 e. The second-order valence-electron chi connectivity index (χ2n) is 7.52. The largest absolute Gasteiger partial charge is 0.370 e. The predicted molar refractivity (Wildman–Crippen MR) is 112 cm³/mol. The molecule has 1 aliphatic heterocycles. The van der Waals surface area contributed by atoms with Gasteiger partial charge in [0.2, 0.25) is 0 Å². The van der Waals surface area contributed by atoms with Gasteiger partial charge in [-0.3, -0.25) is 9.67 Å². The molecule has 2 atom stereocenters. The van der Waals surface area contributed by atoms with Gasteiger partial charge < -0.3 is 19.9 Å². The molecule has 1 fully saturated rings. The number of morpholine rings is 1. The van der Waals surface area contributed by atoms with Crippen LogP contribution >= 0.6 is 0 Å². The second kappa shape index (κ2) is 9.21. The van der Waals surface area contributed by atoms with Gasteiger partial charge in [-0.05, 0) is 32.1 Å². The highest BCUT2D eigenvalue weighted by Crippen LogP contribution is 2.25. The summed E-state index contributed by atoms with van der Waals surface area (Å²) in [7, 11) is 7.97. The van der Waals surface area contributed by atoms with E-state index in [0.29, 0.717) is 6.61 Å². The molecule has 28 heavy (non-hydrogen) atoms. The Bertz CT molecular complexity index is 800. The molecule has 0 spiro atoms. The number of nitrogens with zero attached hydrogens (tertiary/aromatic N) is 5. The van der Waals surface area contributed by atoms with Crippen molar-refractivity contribution >= 4 is 5.96 Å². The summed E-state index contributed by atoms with van der Waals surface area (Å²) >= 11 is 0. The maximum atomic E-state index is 6.06. The molecule has 1 saturated heterocycles. The van der Waals surface area contributed by atoms with Crippen LogP contribution in [0.1, 0.15) is 28.8 Å². The summed E-state index contributed by atoms with van der Waals surface area (Å²) in [5.41, 5.74) is 3.71. The van der Waals surface area contributed by atoms with E-state index < -0.39 is 0 Å². The Morgan fingerprint density at radius 3 is 2.82 bits per heavy atom. The molecule has 0 saturated carbocycles. The first kappa shape index (κ1) is 20.4. The van der Waals surface area contributed by atoms with Crippen molar-refractivity contribution in [1.82, 2.24) is 24.9 Å². The maximum absolute atomic E-state index is 6.06. The standard InChI is InChI=1S/C21H32N6O/c1-16-8-6-7-9-18(16)20-15-27(10-11-28-20)21(22-2)23-13-19(25(3)4)17-12-24-26(5)14-17/h6-9,12,14,19-20H,10-11,13,15H2,1-5H3,(H,22,23). The van der Waals surface area contributed by atoms with Gasteiger partial charge in [-0.1, -0.05) is 24.3 Å². The molecule has 1 aromatic carbocycles. The summed E-state index contributed by atoms with van der Waals surface area (Å²) in [6.07, 6.45) is 4.06. The molecule has 1 aliphatic rings. The molecule has 7 heteroatoms. The Balaban J connectivity index is 1.66. The van der Waals surface area contributed by atoms with Crippen LogP contribution in [0.5, 0.6) is 0 Å². The number of nitrogens with one attached hydrogen (secondary N) is 1. The number of aromatic nitrogens is 2. The SMILES string of the molecule is CN=C(NCC(c1cnn(C)c1)N(C)C)N1CCOC(c2ccccc2C)C1. The van der Waals surface area contributed by atoms with Gasteiger partial charge in [0.15, 0.2) is 5.96 Å². The van der Waals surface area contributed by atoms with Gasteiger partial charge in [0, 0.05) is 38.9 Å². The van der Waals surface area contributed by atoms with Crippen molar-refractivity contribution in [3.8, 4) is 0 Å². The van der Waals surface area contributed by atoms with Crippen LogP contribution in [0, 0.1) is 6.92 Å². The van der Waals surface area contributed by atoms with E-state index >= 15 is 0 Å². The minimum Gasteiger partial charge on any atom is -0.370 e. The Morgan fingerprint density at radius 1 is 1.39 bits per heavy atom. The van der Waals surface area contributed by atoms with Gasteiger partial charge >= 0.3 is 0 Å². The quantitative estimate of drug-likeness (QED) is 0.631. The van der Waals surface area contributed by atoms with Crippen LogP contribution in [-0.2, 0) is 11.8 Å². The third kappa shape index (κ3) is 4.72. The fourth-order valence-corrected chi connectivity index (χ4v) is 3.71. The molecule has 7 nitrogen and oxygen atoms in total. The van der Waals surface area contributed by atoms with Gasteiger partial charge in [-0.25, -0.2) is 0 Å². The Labute approximate surface area is 168 Å². The van der Waals surface area contributed by atoms with Crippen LogP contribution in [0.15, 0.2) is 41.7 Å². The predicted octanol–water partition coefficient (Wildman–Crippen LogP) is 1.98. The molecule has 0 radical (unpaired) electrons. The molecule has 1 N–H and O–H groups in total. The molecular formula is C21H32N6O. The lowest BCUT2D eigenvalue weighted by atomic mass is 10.0. The van der Waals surface area contributed by atoms with Gasteiger partial charge in [0.05, 0.1) is 25.4 Å². The highest BCUT2D eigenvalue weighted by molar-refractivity contribution is 5.80. The molecule has 2 heterocycles. The fraction of sp³-hybridized carbons (Fsp3) is 0.524. The normalized spacial score (nSPS) is 19.1. The van der Waals surface area contributed by atoms with E-state index in [1.807, 2.05) is 25.0 Å². The summed E-state index contributed by atoms with van der Waals surface area (Å²) in [5, 5.41) is 7.87. The highest BCUT2D eigenvalue weighted by Gasteiger charge is 2.26.